The fraction of sp³-hybridized carbons (Fsp3) is 0.833. The van der Waals surface area contributed by atoms with Crippen LogP contribution < -0.4 is 0 Å². The molecule has 3 fully saturated rings. The molecule has 0 saturated carbocycles. The summed E-state index contributed by atoms with van der Waals surface area (Å²) in [5, 5.41) is 10.1. The molecule has 0 aromatic carbocycles. The summed E-state index contributed by atoms with van der Waals surface area (Å²) < 4.78 is 0. The van der Waals surface area contributed by atoms with Gasteiger partial charge in [-0.2, -0.15) is 0 Å². The summed E-state index contributed by atoms with van der Waals surface area (Å²) in [6.07, 6.45) is 1.64. The molecule has 0 aliphatic carbocycles. The summed E-state index contributed by atoms with van der Waals surface area (Å²) in [4.78, 5) is 4.91. The van der Waals surface area contributed by atoms with Crippen molar-refractivity contribution in [2.24, 2.45) is 0 Å². The zero-order valence-electron chi connectivity index (χ0n) is 9.65. The van der Waals surface area contributed by atoms with Gasteiger partial charge >= 0.3 is 0 Å². The lowest BCUT2D eigenvalue weighted by Crippen LogP contribution is -2.64. The highest BCUT2D eigenvalue weighted by molar-refractivity contribution is 4.94. The molecule has 2 bridgehead atoms. The van der Waals surface area contributed by atoms with Crippen molar-refractivity contribution in [3.05, 3.63) is 12.2 Å². The van der Waals surface area contributed by atoms with E-state index in [0.29, 0.717) is 6.04 Å². The average Bonchev–Trinajstić information content (AvgIpc) is 2.27. The Labute approximate surface area is 92.4 Å². The molecule has 0 spiro atoms. The van der Waals surface area contributed by atoms with E-state index in [9.17, 15) is 5.11 Å². The third kappa shape index (κ3) is 2.60. The van der Waals surface area contributed by atoms with Crippen LogP contribution in [0, 0.1) is 0 Å². The summed E-state index contributed by atoms with van der Waals surface area (Å²) in [6.45, 7) is 11.6. The Morgan fingerprint density at radius 1 is 1.40 bits per heavy atom. The second-order valence-corrected chi connectivity index (χ2v) is 4.97. The van der Waals surface area contributed by atoms with Gasteiger partial charge in [-0.1, -0.05) is 5.57 Å². The second-order valence-electron chi connectivity index (χ2n) is 4.97. The van der Waals surface area contributed by atoms with Crippen LogP contribution in [0.25, 0.3) is 0 Å². The van der Waals surface area contributed by atoms with E-state index in [1.807, 2.05) is 6.92 Å². The van der Waals surface area contributed by atoms with Gasteiger partial charge in [0.05, 0.1) is 6.10 Å². The molecule has 0 radical (unpaired) electrons. The minimum Gasteiger partial charge on any atom is -0.391 e. The summed E-state index contributed by atoms with van der Waals surface area (Å²) in [6, 6.07) is 0.367. The quantitative estimate of drug-likeness (QED) is 0.692. The summed E-state index contributed by atoms with van der Waals surface area (Å²) in [5.74, 6) is 0. The fourth-order valence-electron chi connectivity index (χ4n) is 2.61. The maximum Gasteiger partial charge on any atom is 0.0710 e. The van der Waals surface area contributed by atoms with E-state index in [1.165, 1.54) is 18.7 Å². The lowest BCUT2D eigenvalue weighted by atomic mass is 9.97. The van der Waals surface area contributed by atoms with Gasteiger partial charge in [-0.3, -0.25) is 9.80 Å². The van der Waals surface area contributed by atoms with Crippen molar-refractivity contribution < 1.29 is 5.11 Å². The molecule has 3 heteroatoms. The Balaban J connectivity index is 1.84. The molecule has 15 heavy (non-hydrogen) atoms. The van der Waals surface area contributed by atoms with Crippen molar-refractivity contribution in [1.29, 1.82) is 0 Å². The van der Waals surface area contributed by atoms with Crippen molar-refractivity contribution in [2.75, 3.05) is 32.7 Å². The molecule has 2 atom stereocenters. The number of fused-ring (bicyclic) bond motifs is 3. The lowest BCUT2D eigenvalue weighted by Gasteiger charge is -2.49. The first-order valence-corrected chi connectivity index (χ1v) is 5.95. The highest BCUT2D eigenvalue weighted by atomic mass is 16.3. The minimum absolute atomic E-state index is 0.176. The van der Waals surface area contributed by atoms with E-state index < -0.39 is 0 Å². The predicted molar refractivity (Wildman–Crippen MR) is 61.9 cm³/mol. The number of piperazine rings is 3. The van der Waals surface area contributed by atoms with Crippen molar-refractivity contribution in [2.45, 2.75) is 31.9 Å². The number of allylic oxidation sites excluding steroid dienone is 1. The number of aliphatic hydroxyl groups is 1. The van der Waals surface area contributed by atoms with Crippen LogP contribution >= 0.6 is 0 Å². The Morgan fingerprint density at radius 3 is 2.53 bits per heavy atom. The van der Waals surface area contributed by atoms with E-state index in [1.54, 1.807) is 0 Å². The molecule has 1 N–H and O–H groups in total. The molecule has 3 aliphatic heterocycles. The second kappa shape index (κ2) is 4.64. The highest BCUT2D eigenvalue weighted by Crippen LogP contribution is 2.21. The van der Waals surface area contributed by atoms with Crippen LogP contribution in [-0.2, 0) is 0 Å². The molecule has 0 aromatic rings. The molecule has 3 saturated heterocycles. The van der Waals surface area contributed by atoms with Crippen LogP contribution in [0.2, 0.25) is 0 Å². The van der Waals surface area contributed by atoms with Crippen molar-refractivity contribution in [3.8, 4) is 0 Å². The van der Waals surface area contributed by atoms with E-state index in [0.717, 1.165) is 32.5 Å². The standard InChI is InChI=1S/C12H22N2O/c1-10(2)3-4-12(15)11-9-13-5-7-14(11)8-6-13/h11-12,15H,1,3-9H2,2H3. The van der Waals surface area contributed by atoms with Gasteiger partial charge in [0, 0.05) is 38.8 Å². The molecule has 3 rings (SSSR count). The maximum atomic E-state index is 10.1. The minimum atomic E-state index is -0.176. The number of hydrogen-bond acceptors (Lipinski definition) is 3. The summed E-state index contributed by atoms with van der Waals surface area (Å²) in [7, 11) is 0. The smallest absolute Gasteiger partial charge is 0.0710 e. The highest BCUT2D eigenvalue weighted by Gasteiger charge is 2.35. The van der Waals surface area contributed by atoms with Gasteiger partial charge in [0.2, 0.25) is 0 Å². The van der Waals surface area contributed by atoms with Crippen LogP contribution in [0.5, 0.6) is 0 Å². The molecular weight excluding hydrogens is 188 g/mol. The monoisotopic (exact) mass is 210 g/mol. The molecule has 3 aliphatic rings. The molecule has 3 nitrogen and oxygen atoms in total. The van der Waals surface area contributed by atoms with Crippen LogP contribution in [-0.4, -0.2) is 59.8 Å². The summed E-state index contributed by atoms with van der Waals surface area (Å²) in [5.41, 5.74) is 1.17. The van der Waals surface area contributed by atoms with Gasteiger partial charge in [-0.25, -0.2) is 0 Å². The van der Waals surface area contributed by atoms with Crippen LogP contribution in [0.1, 0.15) is 19.8 Å². The van der Waals surface area contributed by atoms with Crippen LogP contribution in [0.4, 0.5) is 0 Å². The fourth-order valence-corrected chi connectivity index (χ4v) is 2.61. The predicted octanol–water partition coefficient (Wildman–Crippen LogP) is 0.703. The zero-order chi connectivity index (χ0) is 10.8. The largest absolute Gasteiger partial charge is 0.391 e. The molecule has 86 valence electrons. The number of hydrogen-bond donors (Lipinski definition) is 1. The Kier molecular flexibility index (Phi) is 3.44. The third-order valence-electron chi connectivity index (χ3n) is 3.63. The molecule has 3 heterocycles. The Morgan fingerprint density at radius 2 is 2.07 bits per heavy atom. The van der Waals surface area contributed by atoms with Gasteiger partial charge in [0.25, 0.3) is 0 Å². The van der Waals surface area contributed by atoms with E-state index in [4.69, 9.17) is 0 Å². The van der Waals surface area contributed by atoms with Crippen molar-refractivity contribution in [3.63, 3.8) is 0 Å². The Hall–Kier alpha value is -0.380. The number of nitrogens with zero attached hydrogens (tertiary/aromatic N) is 2. The molecule has 2 unspecified atom stereocenters. The van der Waals surface area contributed by atoms with Crippen molar-refractivity contribution in [1.82, 2.24) is 9.80 Å². The van der Waals surface area contributed by atoms with Gasteiger partial charge < -0.3 is 5.11 Å². The average molecular weight is 210 g/mol. The van der Waals surface area contributed by atoms with E-state index >= 15 is 0 Å². The van der Waals surface area contributed by atoms with Gasteiger partial charge in [0.15, 0.2) is 0 Å². The molecule has 0 amide bonds. The SMILES string of the molecule is C=C(C)CCC(O)C1CN2CCN1CC2. The zero-order valence-corrected chi connectivity index (χ0v) is 9.65. The molecule has 0 aromatic heterocycles. The first kappa shape index (κ1) is 11.1. The van der Waals surface area contributed by atoms with Crippen LogP contribution in [0.3, 0.4) is 0 Å². The summed E-state index contributed by atoms with van der Waals surface area (Å²) >= 11 is 0. The van der Waals surface area contributed by atoms with E-state index in [-0.39, 0.29) is 6.10 Å². The van der Waals surface area contributed by atoms with Gasteiger partial charge in [-0.15, -0.1) is 6.58 Å². The number of rotatable bonds is 4. The number of aliphatic hydroxyl groups excluding tert-OH is 1. The topological polar surface area (TPSA) is 26.7 Å². The van der Waals surface area contributed by atoms with Gasteiger partial charge in [-0.05, 0) is 19.8 Å². The van der Waals surface area contributed by atoms with Crippen LogP contribution in [0.15, 0.2) is 12.2 Å². The normalized spacial score (nSPS) is 36.5. The van der Waals surface area contributed by atoms with E-state index in [2.05, 4.69) is 16.4 Å². The Bertz CT molecular complexity index is 234. The third-order valence-corrected chi connectivity index (χ3v) is 3.63. The first-order chi connectivity index (χ1) is 7.16. The molecular formula is C12H22N2O. The first-order valence-electron chi connectivity index (χ1n) is 5.95. The lowest BCUT2D eigenvalue weighted by molar-refractivity contribution is -0.0478. The van der Waals surface area contributed by atoms with Gasteiger partial charge in [0.1, 0.15) is 0 Å². The maximum absolute atomic E-state index is 10.1. The van der Waals surface area contributed by atoms with Crippen molar-refractivity contribution >= 4 is 0 Å².